The first-order valence-electron chi connectivity index (χ1n) is 6.40. The Morgan fingerprint density at radius 3 is 2.43 bits per heavy atom. The van der Waals surface area contributed by atoms with Crippen molar-refractivity contribution in [2.75, 3.05) is 0 Å². The Morgan fingerprint density at radius 1 is 1.43 bits per heavy atom. The Kier molecular flexibility index (Phi) is 6.22. The fraction of sp³-hybridized carbons (Fsp3) is 0.462. The Morgan fingerprint density at radius 2 is 2.00 bits per heavy atom. The van der Waals surface area contributed by atoms with E-state index in [4.69, 9.17) is 16.7 Å². The molecule has 1 aromatic rings. The number of benzene rings is 1. The van der Waals surface area contributed by atoms with Gasteiger partial charge in [-0.25, -0.2) is 13.6 Å². The normalized spacial score (nSPS) is 13.3. The monoisotopic (exact) mass is 396 g/mol. The second kappa shape index (κ2) is 7.09. The lowest BCUT2D eigenvalue weighted by molar-refractivity contribution is 0.0924. The summed E-state index contributed by atoms with van der Waals surface area (Å²) >= 11 is 9.21. The number of nitrogens with one attached hydrogen (secondary N) is 1. The van der Waals surface area contributed by atoms with Crippen LogP contribution in [0, 0.1) is 5.92 Å². The molecule has 0 fully saturated rings. The van der Waals surface area contributed by atoms with E-state index in [-0.39, 0.29) is 27.4 Å². The number of rotatable bonds is 5. The summed E-state index contributed by atoms with van der Waals surface area (Å²) in [4.78, 5) is 12.2. The molecule has 0 aromatic heterocycles. The zero-order valence-corrected chi connectivity index (χ0v) is 15.1. The molecule has 0 saturated heterocycles. The number of nitrogens with two attached hydrogens (primary N) is 1. The minimum absolute atomic E-state index is 0.0227. The van der Waals surface area contributed by atoms with Crippen LogP contribution in [-0.2, 0) is 10.0 Å². The van der Waals surface area contributed by atoms with Gasteiger partial charge in [0.15, 0.2) is 0 Å². The second-order valence-electron chi connectivity index (χ2n) is 5.04. The van der Waals surface area contributed by atoms with Crippen LogP contribution in [0.15, 0.2) is 21.5 Å². The van der Waals surface area contributed by atoms with Gasteiger partial charge in [-0.05, 0) is 40.4 Å². The van der Waals surface area contributed by atoms with Crippen LogP contribution < -0.4 is 10.5 Å². The predicted octanol–water partition coefficient (Wildman–Crippen LogP) is 2.91. The summed E-state index contributed by atoms with van der Waals surface area (Å²) < 4.78 is 23.2. The van der Waals surface area contributed by atoms with Crippen LogP contribution in [0.2, 0.25) is 5.02 Å². The molecule has 8 heteroatoms. The van der Waals surface area contributed by atoms with E-state index in [9.17, 15) is 13.2 Å². The number of primary sulfonamides is 1. The molecule has 118 valence electrons. The van der Waals surface area contributed by atoms with Gasteiger partial charge in [-0.3, -0.25) is 4.79 Å². The predicted molar refractivity (Wildman–Crippen MR) is 86.9 cm³/mol. The van der Waals surface area contributed by atoms with Crippen molar-refractivity contribution in [1.82, 2.24) is 5.32 Å². The molecular formula is C13H18BrClN2O3S. The lowest BCUT2D eigenvalue weighted by atomic mass is 10.0. The number of hydrogen-bond donors (Lipinski definition) is 2. The topological polar surface area (TPSA) is 89.3 Å². The van der Waals surface area contributed by atoms with Crippen molar-refractivity contribution in [1.29, 1.82) is 0 Å². The van der Waals surface area contributed by atoms with Gasteiger partial charge in [0.25, 0.3) is 5.91 Å². The molecule has 1 aromatic carbocycles. The van der Waals surface area contributed by atoms with Crippen LogP contribution in [0.5, 0.6) is 0 Å². The lowest BCUT2D eigenvalue weighted by Crippen LogP contribution is -2.38. The molecule has 0 bridgehead atoms. The second-order valence-corrected chi connectivity index (χ2v) is 7.84. The van der Waals surface area contributed by atoms with E-state index in [2.05, 4.69) is 21.2 Å². The van der Waals surface area contributed by atoms with E-state index in [1.807, 2.05) is 20.8 Å². The maximum atomic E-state index is 12.3. The Balaban J connectivity index is 3.24. The number of amides is 1. The molecule has 0 saturated carbocycles. The third kappa shape index (κ3) is 4.67. The molecule has 1 atom stereocenters. The summed E-state index contributed by atoms with van der Waals surface area (Å²) in [7, 11) is -3.92. The van der Waals surface area contributed by atoms with Gasteiger partial charge in [0.2, 0.25) is 10.0 Å². The molecule has 5 nitrogen and oxygen atoms in total. The molecule has 0 spiro atoms. The molecule has 0 aliphatic rings. The van der Waals surface area contributed by atoms with Gasteiger partial charge in [-0.15, -0.1) is 0 Å². The number of carbonyl (C=O) groups is 1. The molecule has 0 aliphatic carbocycles. The fourth-order valence-electron chi connectivity index (χ4n) is 1.88. The van der Waals surface area contributed by atoms with E-state index in [0.717, 1.165) is 6.42 Å². The maximum Gasteiger partial charge on any atom is 0.253 e. The smallest absolute Gasteiger partial charge is 0.253 e. The highest BCUT2D eigenvalue weighted by molar-refractivity contribution is 9.10. The quantitative estimate of drug-likeness (QED) is 0.800. The standard InChI is InChI=1S/C13H18BrClN2O3S/c1-4-11(7(2)3)17-13(18)9-5-8(21(16,19)20)6-10(14)12(9)15/h5-7,11H,4H2,1-3H3,(H,17,18)(H2,16,19,20). The maximum absolute atomic E-state index is 12.3. The highest BCUT2D eigenvalue weighted by atomic mass is 79.9. The van der Waals surface area contributed by atoms with Crippen LogP contribution in [0.25, 0.3) is 0 Å². The number of sulfonamides is 1. The molecule has 1 unspecified atom stereocenters. The SMILES string of the molecule is CCC(NC(=O)c1cc(S(N)(=O)=O)cc(Br)c1Cl)C(C)C. The summed E-state index contributed by atoms with van der Waals surface area (Å²) in [5.74, 6) is -0.172. The van der Waals surface area contributed by atoms with E-state index >= 15 is 0 Å². The van der Waals surface area contributed by atoms with Crippen molar-refractivity contribution in [2.45, 2.75) is 38.1 Å². The highest BCUT2D eigenvalue weighted by Gasteiger charge is 2.21. The van der Waals surface area contributed by atoms with E-state index in [0.29, 0.717) is 4.47 Å². The van der Waals surface area contributed by atoms with Gasteiger partial charge in [-0.1, -0.05) is 32.4 Å². The summed E-state index contributed by atoms with van der Waals surface area (Å²) in [5, 5.41) is 8.10. The van der Waals surface area contributed by atoms with Crippen LogP contribution >= 0.6 is 27.5 Å². The Hall–Kier alpha value is -0.630. The van der Waals surface area contributed by atoms with E-state index in [1.165, 1.54) is 12.1 Å². The zero-order valence-electron chi connectivity index (χ0n) is 12.0. The first-order valence-corrected chi connectivity index (χ1v) is 9.12. The van der Waals surface area contributed by atoms with Crippen molar-refractivity contribution in [3.8, 4) is 0 Å². The van der Waals surface area contributed by atoms with Crippen molar-refractivity contribution < 1.29 is 13.2 Å². The number of halogens is 2. The van der Waals surface area contributed by atoms with E-state index < -0.39 is 15.9 Å². The van der Waals surface area contributed by atoms with Crippen LogP contribution in [0.4, 0.5) is 0 Å². The molecule has 1 rings (SSSR count). The van der Waals surface area contributed by atoms with Crippen molar-refractivity contribution in [3.63, 3.8) is 0 Å². The van der Waals surface area contributed by atoms with Gasteiger partial charge in [0, 0.05) is 10.5 Å². The summed E-state index contributed by atoms with van der Waals surface area (Å²) in [5.41, 5.74) is 0.0779. The van der Waals surface area contributed by atoms with Crippen LogP contribution in [-0.4, -0.2) is 20.4 Å². The van der Waals surface area contributed by atoms with Crippen molar-refractivity contribution in [2.24, 2.45) is 11.1 Å². The fourth-order valence-corrected chi connectivity index (χ4v) is 3.25. The molecule has 0 heterocycles. The van der Waals surface area contributed by atoms with E-state index in [1.54, 1.807) is 0 Å². The van der Waals surface area contributed by atoms with Gasteiger partial charge in [0.05, 0.1) is 15.5 Å². The summed E-state index contributed by atoms with van der Waals surface area (Å²) in [6.45, 7) is 5.95. The third-order valence-corrected chi connectivity index (χ3v) is 5.29. The first-order chi connectivity index (χ1) is 9.57. The zero-order chi connectivity index (χ0) is 16.4. The average molecular weight is 398 g/mol. The van der Waals surface area contributed by atoms with Gasteiger partial charge in [0.1, 0.15) is 0 Å². The Labute approximate surface area is 138 Å². The Bertz CT molecular complexity index is 647. The van der Waals surface area contributed by atoms with Crippen LogP contribution in [0.3, 0.4) is 0 Å². The molecule has 0 aliphatic heterocycles. The average Bonchev–Trinajstić information content (AvgIpc) is 2.36. The van der Waals surface area contributed by atoms with Gasteiger partial charge >= 0.3 is 0 Å². The number of carbonyl (C=O) groups excluding carboxylic acids is 1. The van der Waals surface area contributed by atoms with Gasteiger partial charge in [-0.2, -0.15) is 0 Å². The highest BCUT2D eigenvalue weighted by Crippen LogP contribution is 2.29. The van der Waals surface area contributed by atoms with Crippen molar-refractivity contribution >= 4 is 43.5 Å². The summed E-state index contributed by atoms with van der Waals surface area (Å²) in [6, 6.07) is 2.43. The van der Waals surface area contributed by atoms with Crippen molar-refractivity contribution in [3.05, 3.63) is 27.2 Å². The number of hydrogen-bond acceptors (Lipinski definition) is 3. The molecule has 0 radical (unpaired) electrons. The van der Waals surface area contributed by atoms with Crippen LogP contribution in [0.1, 0.15) is 37.6 Å². The first kappa shape index (κ1) is 18.4. The molecule has 1 amide bonds. The van der Waals surface area contributed by atoms with Gasteiger partial charge < -0.3 is 5.32 Å². The largest absolute Gasteiger partial charge is 0.349 e. The minimum atomic E-state index is -3.92. The summed E-state index contributed by atoms with van der Waals surface area (Å²) in [6.07, 6.45) is 0.761. The third-order valence-electron chi connectivity index (χ3n) is 3.14. The minimum Gasteiger partial charge on any atom is -0.349 e. The molecule has 21 heavy (non-hydrogen) atoms. The molecular weight excluding hydrogens is 380 g/mol. The lowest BCUT2D eigenvalue weighted by Gasteiger charge is -2.21. The molecule has 3 N–H and O–H groups in total.